The maximum atomic E-state index is 13.3. The van der Waals surface area contributed by atoms with Crippen LogP contribution < -0.4 is 19.5 Å². The number of aryl methyl sites for hydroxylation is 1. The zero-order valence-corrected chi connectivity index (χ0v) is 19.8. The van der Waals surface area contributed by atoms with Gasteiger partial charge < -0.3 is 14.8 Å². The number of carbonyl (C=O) groups is 1. The molecule has 7 nitrogen and oxygen atoms in total. The maximum absolute atomic E-state index is 13.3. The molecule has 1 amide bonds. The molecule has 8 heteroatoms. The number of carbonyl (C=O) groups excluding carboxylic acids is 1. The molecule has 2 N–H and O–H groups in total. The largest absolute Gasteiger partial charge is 0.490 e. The van der Waals surface area contributed by atoms with Crippen molar-refractivity contribution in [3.05, 3.63) is 47.5 Å². The molecule has 0 spiro atoms. The molecular weight excluding hydrogens is 416 g/mol. The van der Waals surface area contributed by atoms with Gasteiger partial charge in [0.1, 0.15) is 0 Å². The second kappa shape index (κ2) is 10.6. The highest BCUT2D eigenvalue weighted by Crippen LogP contribution is 2.34. The summed E-state index contributed by atoms with van der Waals surface area (Å²) in [5.41, 5.74) is 1.80. The summed E-state index contributed by atoms with van der Waals surface area (Å²) in [4.78, 5) is 11.5. The second-order valence-corrected chi connectivity index (χ2v) is 9.26. The van der Waals surface area contributed by atoms with Gasteiger partial charge in [-0.1, -0.05) is 26.0 Å². The number of benzene rings is 2. The van der Waals surface area contributed by atoms with Crippen LogP contribution in [0.3, 0.4) is 0 Å². The van der Waals surface area contributed by atoms with Gasteiger partial charge in [0, 0.05) is 18.7 Å². The quantitative estimate of drug-likeness (QED) is 0.561. The van der Waals surface area contributed by atoms with Gasteiger partial charge in [-0.15, -0.1) is 0 Å². The van der Waals surface area contributed by atoms with E-state index < -0.39 is 16.1 Å². The van der Waals surface area contributed by atoms with E-state index in [-0.39, 0.29) is 16.7 Å². The SMILES string of the molecule is CCOc1ccc([C@@H](NS(=O)(=O)c2cc(NC(C)=O)ccc2C)C(C)C)cc1OCC. The van der Waals surface area contributed by atoms with E-state index in [0.717, 1.165) is 5.56 Å². The summed E-state index contributed by atoms with van der Waals surface area (Å²) in [6, 6.07) is 9.81. The molecular formula is C23H32N2O5S. The van der Waals surface area contributed by atoms with Gasteiger partial charge in [0.25, 0.3) is 0 Å². The van der Waals surface area contributed by atoms with Crippen LogP contribution in [0.2, 0.25) is 0 Å². The topological polar surface area (TPSA) is 93.7 Å². The van der Waals surface area contributed by atoms with E-state index >= 15 is 0 Å². The van der Waals surface area contributed by atoms with Crippen LogP contribution in [0.5, 0.6) is 11.5 Å². The number of hydrogen-bond donors (Lipinski definition) is 2. The van der Waals surface area contributed by atoms with E-state index in [1.807, 2.05) is 39.8 Å². The standard InChI is InChI=1S/C23H32N2O5S/c1-7-29-20-12-10-18(13-21(20)30-8-2)23(15(3)4)25-31(27,28)22-14-19(24-17(6)26)11-9-16(22)5/h9-15,23,25H,7-8H2,1-6H3,(H,24,26)/t23-/m0/s1. The Hall–Kier alpha value is -2.58. The van der Waals surface area contributed by atoms with E-state index in [1.165, 1.54) is 13.0 Å². The van der Waals surface area contributed by atoms with Gasteiger partial charge in [-0.25, -0.2) is 13.1 Å². The highest BCUT2D eigenvalue weighted by molar-refractivity contribution is 7.89. The van der Waals surface area contributed by atoms with Crippen molar-refractivity contribution < 1.29 is 22.7 Å². The van der Waals surface area contributed by atoms with E-state index in [4.69, 9.17) is 9.47 Å². The van der Waals surface area contributed by atoms with Gasteiger partial charge in [0.15, 0.2) is 11.5 Å². The van der Waals surface area contributed by atoms with Gasteiger partial charge in [-0.3, -0.25) is 4.79 Å². The van der Waals surface area contributed by atoms with Crippen molar-refractivity contribution in [2.45, 2.75) is 52.5 Å². The fourth-order valence-electron chi connectivity index (χ4n) is 3.25. The van der Waals surface area contributed by atoms with Gasteiger partial charge in [0.2, 0.25) is 15.9 Å². The van der Waals surface area contributed by atoms with Crippen molar-refractivity contribution in [3.8, 4) is 11.5 Å². The first kappa shape index (κ1) is 24.7. The van der Waals surface area contributed by atoms with E-state index in [9.17, 15) is 13.2 Å². The van der Waals surface area contributed by atoms with Crippen molar-refractivity contribution in [1.29, 1.82) is 0 Å². The van der Waals surface area contributed by atoms with Crippen LogP contribution in [0.4, 0.5) is 5.69 Å². The van der Waals surface area contributed by atoms with Crippen LogP contribution in [-0.4, -0.2) is 27.5 Å². The van der Waals surface area contributed by atoms with Crippen LogP contribution in [-0.2, 0) is 14.8 Å². The number of ether oxygens (including phenoxy) is 2. The Morgan fingerprint density at radius 3 is 2.23 bits per heavy atom. The second-order valence-electron chi connectivity index (χ2n) is 7.58. The van der Waals surface area contributed by atoms with Gasteiger partial charge in [0.05, 0.1) is 18.1 Å². The van der Waals surface area contributed by atoms with Crippen molar-refractivity contribution in [3.63, 3.8) is 0 Å². The third-order valence-corrected chi connectivity index (χ3v) is 6.26. The monoisotopic (exact) mass is 448 g/mol. The molecule has 0 aliphatic heterocycles. The normalized spacial score (nSPS) is 12.5. The van der Waals surface area contributed by atoms with Crippen molar-refractivity contribution in [1.82, 2.24) is 4.72 Å². The number of sulfonamides is 1. The molecule has 0 heterocycles. The smallest absolute Gasteiger partial charge is 0.241 e. The molecule has 2 aromatic carbocycles. The average Bonchev–Trinajstić information content (AvgIpc) is 2.69. The van der Waals surface area contributed by atoms with Gasteiger partial charge in [-0.2, -0.15) is 0 Å². The van der Waals surface area contributed by atoms with Crippen molar-refractivity contribution in [2.24, 2.45) is 5.92 Å². The zero-order valence-electron chi connectivity index (χ0n) is 19.0. The number of amides is 1. The minimum atomic E-state index is -3.86. The molecule has 2 aromatic rings. The van der Waals surface area contributed by atoms with Crippen LogP contribution in [0, 0.1) is 12.8 Å². The van der Waals surface area contributed by atoms with Crippen molar-refractivity contribution >= 4 is 21.6 Å². The molecule has 0 aliphatic rings. The fraction of sp³-hybridized carbons (Fsp3) is 0.435. The molecule has 1 atom stereocenters. The average molecular weight is 449 g/mol. The summed E-state index contributed by atoms with van der Waals surface area (Å²) in [5.74, 6) is 0.909. The van der Waals surface area contributed by atoms with Crippen LogP contribution in [0.1, 0.15) is 51.8 Å². The molecule has 0 bridgehead atoms. The number of hydrogen-bond acceptors (Lipinski definition) is 5. The lowest BCUT2D eigenvalue weighted by atomic mass is 9.97. The lowest BCUT2D eigenvalue weighted by molar-refractivity contribution is -0.114. The zero-order chi connectivity index (χ0) is 23.2. The first-order valence-electron chi connectivity index (χ1n) is 10.4. The Labute approximate surface area is 185 Å². The van der Waals surface area contributed by atoms with Crippen molar-refractivity contribution in [2.75, 3.05) is 18.5 Å². The Balaban J connectivity index is 2.43. The summed E-state index contributed by atoms with van der Waals surface area (Å²) in [7, 11) is -3.86. The molecule has 0 aromatic heterocycles. The van der Waals surface area contributed by atoms with Crippen LogP contribution >= 0.6 is 0 Å². The summed E-state index contributed by atoms with van der Waals surface area (Å²) in [5, 5.41) is 2.63. The predicted molar refractivity (Wildman–Crippen MR) is 122 cm³/mol. The first-order valence-corrected chi connectivity index (χ1v) is 11.9. The van der Waals surface area contributed by atoms with Gasteiger partial charge >= 0.3 is 0 Å². The first-order chi connectivity index (χ1) is 14.6. The van der Waals surface area contributed by atoms with E-state index in [2.05, 4.69) is 10.0 Å². The minimum absolute atomic E-state index is 0.0268. The summed E-state index contributed by atoms with van der Waals surface area (Å²) < 4.78 is 40.7. The molecule has 170 valence electrons. The molecule has 0 saturated carbocycles. The Morgan fingerprint density at radius 2 is 1.65 bits per heavy atom. The summed E-state index contributed by atoms with van der Waals surface area (Å²) in [6.07, 6.45) is 0. The van der Waals surface area contributed by atoms with Crippen LogP contribution in [0.25, 0.3) is 0 Å². The molecule has 2 rings (SSSR count). The fourth-order valence-corrected chi connectivity index (χ4v) is 4.89. The molecule has 31 heavy (non-hydrogen) atoms. The molecule has 0 radical (unpaired) electrons. The lowest BCUT2D eigenvalue weighted by Gasteiger charge is -2.24. The van der Waals surface area contributed by atoms with E-state index in [1.54, 1.807) is 25.1 Å². The highest BCUT2D eigenvalue weighted by atomic mass is 32.2. The molecule has 0 aliphatic carbocycles. The minimum Gasteiger partial charge on any atom is -0.490 e. The Morgan fingerprint density at radius 1 is 1.00 bits per heavy atom. The molecule has 0 saturated heterocycles. The predicted octanol–water partition coefficient (Wildman–Crippen LogP) is 4.43. The Kier molecular flexibility index (Phi) is 8.47. The number of nitrogens with one attached hydrogen (secondary N) is 2. The molecule has 0 unspecified atom stereocenters. The lowest BCUT2D eigenvalue weighted by Crippen LogP contribution is -2.32. The Bertz CT molecular complexity index is 1020. The third-order valence-electron chi connectivity index (χ3n) is 4.67. The maximum Gasteiger partial charge on any atom is 0.241 e. The molecule has 0 fully saturated rings. The number of anilines is 1. The van der Waals surface area contributed by atoms with Crippen LogP contribution in [0.15, 0.2) is 41.3 Å². The van der Waals surface area contributed by atoms with Gasteiger partial charge in [-0.05, 0) is 62.1 Å². The summed E-state index contributed by atoms with van der Waals surface area (Å²) in [6.45, 7) is 11.8. The number of rotatable bonds is 10. The summed E-state index contributed by atoms with van der Waals surface area (Å²) >= 11 is 0. The highest BCUT2D eigenvalue weighted by Gasteiger charge is 2.26. The van der Waals surface area contributed by atoms with E-state index in [0.29, 0.717) is 36.0 Å². The third kappa shape index (κ3) is 6.45.